The molecule has 1 N–H and O–H groups in total. The highest BCUT2D eigenvalue weighted by atomic mass is 16.3. The maximum absolute atomic E-state index is 12.9. The Hall–Kier alpha value is -0.960. The Morgan fingerprint density at radius 1 is 1.10 bits per heavy atom. The first-order chi connectivity index (χ1) is 14.3. The molecule has 0 spiro atoms. The van der Waals surface area contributed by atoms with Gasteiger partial charge in [0.1, 0.15) is 0 Å². The molecule has 3 saturated carbocycles. The Bertz CT molecular complexity index is 784. The number of allylic oxidation sites excluding steroid dienone is 1. The fraction of sp³-hybridized carbons (Fsp3) is 0.852. The molecular weight excluding hydrogens is 370 g/mol. The quantitative estimate of drug-likeness (QED) is 0.600. The average molecular weight is 412 g/mol. The molecule has 0 unspecified atom stereocenters. The fourth-order valence-corrected chi connectivity index (χ4v) is 8.90. The minimum absolute atomic E-state index is 0.123. The van der Waals surface area contributed by atoms with Gasteiger partial charge in [-0.2, -0.15) is 0 Å². The van der Waals surface area contributed by atoms with Crippen LogP contribution in [0.15, 0.2) is 16.6 Å². The SMILES string of the molecule is C[C@@H]1CCN=C([C@@H](C)[C@H]2CC[C@H]3[C@@H]4CC=C5C[C@@H](O)CC[C@]5(C)[C@H]4CC[C@]23C)C1=O. The summed E-state index contributed by atoms with van der Waals surface area (Å²) in [6.45, 7) is 10.3. The molecule has 0 amide bonds. The average Bonchev–Trinajstić information content (AvgIpc) is 3.07. The summed E-state index contributed by atoms with van der Waals surface area (Å²) in [5.41, 5.74) is 3.14. The molecule has 0 saturated heterocycles. The van der Waals surface area contributed by atoms with Crippen LogP contribution in [0.3, 0.4) is 0 Å². The standard InChI is InChI=1S/C27H41NO2/c1-16-11-14-28-24(25(16)30)17(2)21-7-8-22-20-6-5-18-15-19(29)9-12-26(18,3)23(20)10-13-27(21,22)4/h5,16-17,19-23,29H,6-15H2,1-4H3/t16-,17+,19+,20+,21-,22+,23+,26+,27-/m1/s1. The number of aliphatic imine (C=N–C) groups is 1. The number of aliphatic hydroxyl groups is 1. The van der Waals surface area contributed by atoms with E-state index in [-0.39, 0.29) is 12.0 Å². The van der Waals surface area contributed by atoms with Crippen LogP contribution in [-0.2, 0) is 4.79 Å². The second-order valence-electron chi connectivity index (χ2n) is 12.0. The van der Waals surface area contributed by atoms with E-state index in [0.29, 0.717) is 28.4 Å². The van der Waals surface area contributed by atoms with Gasteiger partial charge in [-0.3, -0.25) is 9.79 Å². The summed E-state index contributed by atoms with van der Waals surface area (Å²) >= 11 is 0. The molecule has 0 radical (unpaired) electrons. The zero-order valence-corrected chi connectivity index (χ0v) is 19.5. The maximum Gasteiger partial charge on any atom is 0.179 e. The maximum atomic E-state index is 12.9. The molecular formula is C27H41NO2. The lowest BCUT2D eigenvalue weighted by Crippen LogP contribution is -2.51. The number of aliphatic hydroxyl groups excluding tert-OH is 1. The van der Waals surface area contributed by atoms with Crippen LogP contribution in [0.2, 0.25) is 0 Å². The molecule has 166 valence electrons. The van der Waals surface area contributed by atoms with Crippen molar-refractivity contribution in [1.82, 2.24) is 0 Å². The highest BCUT2D eigenvalue weighted by Crippen LogP contribution is 2.67. The molecule has 0 bridgehead atoms. The van der Waals surface area contributed by atoms with Crippen molar-refractivity contribution in [2.45, 2.75) is 91.6 Å². The lowest BCUT2D eigenvalue weighted by atomic mass is 9.47. The van der Waals surface area contributed by atoms with Crippen molar-refractivity contribution >= 4 is 11.5 Å². The highest BCUT2D eigenvalue weighted by Gasteiger charge is 2.59. The van der Waals surface area contributed by atoms with Gasteiger partial charge in [0.15, 0.2) is 5.78 Å². The normalized spacial score (nSPS) is 49.4. The molecule has 9 atom stereocenters. The third-order valence-electron chi connectivity index (χ3n) is 10.7. The van der Waals surface area contributed by atoms with Crippen molar-refractivity contribution in [2.24, 2.45) is 51.3 Å². The van der Waals surface area contributed by atoms with Crippen LogP contribution >= 0.6 is 0 Å². The molecule has 0 aromatic heterocycles. The fourth-order valence-electron chi connectivity index (χ4n) is 8.90. The Morgan fingerprint density at radius 2 is 1.90 bits per heavy atom. The van der Waals surface area contributed by atoms with E-state index in [1.807, 2.05) is 0 Å². The number of ketones is 1. The van der Waals surface area contributed by atoms with E-state index in [9.17, 15) is 9.90 Å². The summed E-state index contributed by atoms with van der Waals surface area (Å²) < 4.78 is 0. The number of fused-ring (bicyclic) bond motifs is 5. The van der Waals surface area contributed by atoms with E-state index in [0.717, 1.165) is 55.7 Å². The first kappa shape index (κ1) is 20.9. The smallest absolute Gasteiger partial charge is 0.179 e. The summed E-state index contributed by atoms with van der Waals surface area (Å²) in [6.07, 6.45) is 12.8. The van der Waals surface area contributed by atoms with Crippen molar-refractivity contribution in [3.05, 3.63) is 11.6 Å². The van der Waals surface area contributed by atoms with Crippen molar-refractivity contribution in [2.75, 3.05) is 6.54 Å². The predicted octanol–water partition coefficient (Wildman–Crippen LogP) is 5.61. The molecule has 1 aliphatic heterocycles. The van der Waals surface area contributed by atoms with Crippen LogP contribution in [0.4, 0.5) is 0 Å². The third-order valence-corrected chi connectivity index (χ3v) is 10.7. The summed E-state index contributed by atoms with van der Waals surface area (Å²) in [4.78, 5) is 17.6. The van der Waals surface area contributed by atoms with E-state index in [4.69, 9.17) is 4.99 Å². The van der Waals surface area contributed by atoms with Crippen LogP contribution < -0.4 is 0 Å². The Balaban J connectivity index is 1.41. The van der Waals surface area contributed by atoms with Gasteiger partial charge in [0, 0.05) is 18.4 Å². The molecule has 0 aromatic carbocycles. The molecule has 3 nitrogen and oxygen atoms in total. The molecule has 3 fully saturated rings. The predicted molar refractivity (Wildman–Crippen MR) is 121 cm³/mol. The number of rotatable bonds is 2. The molecule has 30 heavy (non-hydrogen) atoms. The lowest BCUT2D eigenvalue weighted by molar-refractivity contribution is -0.117. The van der Waals surface area contributed by atoms with Crippen molar-refractivity contribution in [3.8, 4) is 0 Å². The van der Waals surface area contributed by atoms with Gasteiger partial charge >= 0.3 is 0 Å². The Morgan fingerprint density at radius 3 is 2.70 bits per heavy atom. The number of carbonyl (C=O) groups excluding carboxylic acids is 1. The van der Waals surface area contributed by atoms with E-state index < -0.39 is 0 Å². The number of carbonyl (C=O) groups is 1. The van der Waals surface area contributed by atoms with Crippen LogP contribution in [-0.4, -0.2) is 29.3 Å². The van der Waals surface area contributed by atoms with Gasteiger partial charge in [0.25, 0.3) is 0 Å². The van der Waals surface area contributed by atoms with Crippen LogP contribution in [0.1, 0.15) is 85.5 Å². The zero-order valence-electron chi connectivity index (χ0n) is 19.5. The van der Waals surface area contributed by atoms with Gasteiger partial charge < -0.3 is 5.11 Å². The molecule has 4 aliphatic carbocycles. The number of hydrogen-bond donors (Lipinski definition) is 1. The van der Waals surface area contributed by atoms with E-state index in [1.54, 1.807) is 5.57 Å². The molecule has 5 aliphatic rings. The van der Waals surface area contributed by atoms with Gasteiger partial charge in [0.05, 0.1) is 11.8 Å². The third kappa shape index (κ3) is 2.93. The minimum Gasteiger partial charge on any atom is -0.393 e. The second-order valence-corrected chi connectivity index (χ2v) is 12.0. The first-order valence-corrected chi connectivity index (χ1v) is 12.7. The Labute approximate surface area is 182 Å². The molecule has 5 rings (SSSR count). The molecule has 0 aromatic rings. The summed E-state index contributed by atoms with van der Waals surface area (Å²) in [6, 6.07) is 0. The number of Topliss-reactive ketones (excluding diaryl/α,β-unsaturated/α-hetero) is 1. The van der Waals surface area contributed by atoms with Crippen LogP contribution in [0, 0.1) is 46.3 Å². The van der Waals surface area contributed by atoms with Crippen LogP contribution in [0.5, 0.6) is 0 Å². The van der Waals surface area contributed by atoms with Crippen molar-refractivity contribution < 1.29 is 9.90 Å². The van der Waals surface area contributed by atoms with E-state index in [1.165, 1.54) is 32.1 Å². The van der Waals surface area contributed by atoms with Gasteiger partial charge in [-0.25, -0.2) is 0 Å². The van der Waals surface area contributed by atoms with Crippen molar-refractivity contribution in [3.63, 3.8) is 0 Å². The summed E-state index contributed by atoms with van der Waals surface area (Å²) in [5, 5.41) is 10.2. The minimum atomic E-state index is -0.123. The van der Waals surface area contributed by atoms with E-state index >= 15 is 0 Å². The highest BCUT2D eigenvalue weighted by molar-refractivity contribution is 6.41. The van der Waals surface area contributed by atoms with Crippen molar-refractivity contribution in [1.29, 1.82) is 0 Å². The molecule has 1 heterocycles. The topological polar surface area (TPSA) is 49.7 Å². The zero-order chi connectivity index (χ0) is 21.3. The molecule has 3 heteroatoms. The van der Waals surface area contributed by atoms with Gasteiger partial charge in [-0.15, -0.1) is 0 Å². The monoisotopic (exact) mass is 411 g/mol. The van der Waals surface area contributed by atoms with Gasteiger partial charge in [-0.1, -0.05) is 39.3 Å². The summed E-state index contributed by atoms with van der Waals surface area (Å²) in [7, 11) is 0. The van der Waals surface area contributed by atoms with Gasteiger partial charge in [0.2, 0.25) is 0 Å². The number of nitrogens with zero attached hydrogens (tertiary/aromatic N) is 1. The van der Waals surface area contributed by atoms with Gasteiger partial charge in [-0.05, 0) is 92.3 Å². The first-order valence-electron chi connectivity index (χ1n) is 12.7. The Kier molecular flexibility index (Phi) is 5.08. The number of hydrogen-bond acceptors (Lipinski definition) is 3. The summed E-state index contributed by atoms with van der Waals surface area (Å²) in [5.74, 6) is 3.74. The van der Waals surface area contributed by atoms with Crippen LogP contribution in [0.25, 0.3) is 0 Å². The second kappa shape index (κ2) is 7.29. The largest absolute Gasteiger partial charge is 0.393 e. The lowest BCUT2D eigenvalue weighted by Gasteiger charge is -2.58. The van der Waals surface area contributed by atoms with E-state index in [2.05, 4.69) is 33.8 Å².